The Hall–Kier alpha value is -1.52. The van der Waals surface area contributed by atoms with Crippen molar-refractivity contribution in [2.75, 3.05) is 6.61 Å². The molecule has 0 bridgehead atoms. The molecule has 1 aliphatic heterocycles. The number of hydrogen-bond acceptors (Lipinski definition) is 3. The van der Waals surface area contributed by atoms with E-state index >= 15 is 0 Å². The number of hydrogen-bond donors (Lipinski definition) is 2. The minimum atomic E-state index is -0.338. The third kappa shape index (κ3) is 3.22. The van der Waals surface area contributed by atoms with Crippen molar-refractivity contribution in [2.24, 2.45) is 0 Å². The van der Waals surface area contributed by atoms with Gasteiger partial charge in [0.1, 0.15) is 0 Å². The first-order chi connectivity index (χ1) is 8.13. The van der Waals surface area contributed by atoms with Crippen molar-refractivity contribution in [2.45, 2.75) is 46.1 Å². The average molecular weight is 240 g/mol. The van der Waals surface area contributed by atoms with Gasteiger partial charge in [-0.1, -0.05) is 20.3 Å². The number of rotatable bonds is 5. The number of ether oxygens (including phenoxy) is 1. The van der Waals surface area contributed by atoms with E-state index in [1.807, 2.05) is 13.8 Å². The van der Waals surface area contributed by atoms with E-state index in [1.54, 1.807) is 6.92 Å². The third-order valence-electron chi connectivity index (χ3n) is 2.65. The van der Waals surface area contributed by atoms with E-state index in [2.05, 4.69) is 10.6 Å². The van der Waals surface area contributed by atoms with Crippen molar-refractivity contribution in [3.05, 3.63) is 11.3 Å². The van der Waals surface area contributed by atoms with Gasteiger partial charge in [0.25, 0.3) is 0 Å². The first-order valence-corrected chi connectivity index (χ1v) is 6.11. The van der Waals surface area contributed by atoms with Crippen LogP contribution in [0.5, 0.6) is 0 Å². The molecule has 1 heterocycles. The highest BCUT2D eigenvalue weighted by Crippen LogP contribution is 2.19. The van der Waals surface area contributed by atoms with Crippen LogP contribution in [0, 0.1) is 0 Å². The molecule has 0 saturated heterocycles. The van der Waals surface area contributed by atoms with Crippen LogP contribution in [0.3, 0.4) is 0 Å². The van der Waals surface area contributed by atoms with Gasteiger partial charge in [0.2, 0.25) is 0 Å². The monoisotopic (exact) mass is 240 g/mol. The fourth-order valence-electron chi connectivity index (χ4n) is 1.91. The zero-order valence-corrected chi connectivity index (χ0v) is 10.6. The Morgan fingerprint density at radius 3 is 2.59 bits per heavy atom. The minimum Gasteiger partial charge on any atom is -0.463 e. The van der Waals surface area contributed by atoms with Crippen molar-refractivity contribution in [3.63, 3.8) is 0 Å². The first kappa shape index (κ1) is 13.5. The van der Waals surface area contributed by atoms with Crippen molar-refractivity contribution in [1.82, 2.24) is 10.6 Å². The molecule has 0 fully saturated rings. The van der Waals surface area contributed by atoms with Gasteiger partial charge in [-0.2, -0.15) is 0 Å². The van der Waals surface area contributed by atoms with Gasteiger partial charge >= 0.3 is 12.0 Å². The molecule has 5 nitrogen and oxygen atoms in total. The summed E-state index contributed by atoms with van der Waals surface area (Å²) in [7, 11) is 0. The quantitative estimate of drug-likeness (QED) is 0.719. The smallest absolute Gasteiger partial charge is 0.337 e. The standard InChI is InChI=1S/C12H20N2O3/c1-4-7-9-10(11(15)17-6-3)8(5-2)13-12(16)14-9/h8H,4-7H2,1-3H3,(H2,13,14,16). The van der Waals surface area contributed by atoms with Crippen LogP contribution in [0.15, 0.2) is 11.3 Å². The van der Waals surface area contributed by atoms with Gasteiger partial charge in [-0.05, 0) is 19.8 Å². The molecule has 0 aromatic heterocycles. The summed E-state index contributed by atoms with van der Waals surface area (Å²) in [5.41, 5.74) is 1.26. The summed E-state index contributed by atoms with van der Waals surface area (Å²) in [5.74, 6) is -0.338. The van der Waals surface area contributed by atoms with Crippen LogP contribution < -0.4 is 10.6 Å². The van der Waals surface area contributed by atoms with E-state index in [-0.39, 0.29) is 18.0 Å². The van der Waals surface area contributed by atoms with E-state index in [9.17, 15) is 9.59 Å². The van der Waals surface area contributed by atoms with Gasteiger partial charge in [0.05, 0.1) is 18.2 Å². The molecule has 1 unspecified atom stereocenters. The molecule has 1 rings (SSSR count). The second-order valence-electron chi connectivity index (χ2n) is 3.92. The Balaban J connectivity index is 3.04. The fourth-order valence-corrected chi connectivity index (χ4v) is 1.91. The molecule has 0 aliphatic carbocycles. The normalized spacial score (nSPS) is 19.7. The lowest BCUT2D eigenvalue weighted by molar-refractivity contribution is -0.139. The summed E-state index contributed by atoms with van der Waals surface area (Å²) in [6, 6.07) is -0.488. The summed E-state index contributed by atoms with van der Waals surface area (Å²) in [6.07, 6.45) is 2.22. The molecule has 0 saturated carbocycles. The predicted octanol–water partition coefficient (Wildman–Crippen LogP) is 1.70. The number of allylic oxidation sites excluding steroid dienone is 1. The third-order valence-corrected chi connectivity index (χ3v) is 2.65. The maximum atomic E-state index is 11.9. The van der Waals surface area contributed by atoms with Crippen LogP contribution in [0.4, 0.5) is 4.79 Å². The molecule has 1 atom stereocenters. The first-order valence-electron chi connectivity index (χ1n) is 6.11. The number of carbonyl (C=O) groups excluding carboxylic acids is 2. The number of esters is 1. The molecule has 96 valence electrons. The lowest BCUT2D eigenvalue weighted by atomic mass is 9.98. The Morgan fingerprint density at radius 1 is 1.35 bits per heavy atom. The molecule has 0 radical (unpaired) electrons. The topological polar surface area (TPSA) is 67.4 Å². The maximum Gasteiger partial charge on any atom is 0.337 e. The van der Waals surface area contributed by atoms with E-state index < -0.39 is 0 Å². The minimum absolute atomic E-state index is 0.242. The zero-order valence-electron chi connectivity index (χ0n) is 10.6. The number of nitrogens with one attached hydrogen (secondary N) is 2. The number of urea groups is 1. The Kier molecular flexibility index (Phi) is 5.00. The molecule has 0 aromatic carbocycles. The summed E-state index contributed by atoms with van der Waals surface area (Å²) in [5, 5.41) is 5.43. The van der Waals surface area contributed by atoms with Crippen LogP contribution in [0.25, 0.3) is 0 Å². The lowest BCUT2D eigenvalue weighted by Gasteiger charge is -2.28. The highest BCUT2D eigenvalue weighted by Gasteiger charge is 2.30. The fraction of sp³-hybridized carbons (Fsp3) is 0.667. The predicted molar refractivity (Wildman–Crippen MR) is 64.3 cm³/mol. The van der Waals surface area contributed by atoms with Gasteiger partial charge < -0.3 is 15.4 Å². The Labute approximate surface area is 102 Å². The largest absolute Gasteiger partial charge is 0.463 e. The van der Waals surface area contributed by atoms with Gasteiger partial charge in [-0.3, -0.25) is 0 Å². The van der Waals surface area contributed by atoms with Crippen molar-refractivity contribution < 1.29 is 14.3 Å². The van der Waals surface area contributed by atoms with E-state index in [4.69, 9.17) is 4.74 Å². The van der Waals surface area contributed by atoms with Crippen LogP contribution in [0.1, 0.15) is 40.0 Å². The molecule has 5 heteroatoms. The van der Waals surface area contributed by atoms with Gasteiger partial charge in [0.15, 0.2) is 0 Å². The molecule has 2 N–H and O–H groups in total. The Bertz CT molecular complexity index is 337. The van der Waals surface area contributed by atoms with Crippen molar-refractivity contribution in [3.8, 4) is 0 Å². The summed E-state index contributed by atoms with van der Waals surface area (Å²) in [4.78, 5) is 23.3. The second kappa shape index (κ2) is 6.27. The molecule has 1 aliphatic rings. The molecular weight excluding hydrogens is 220 g/mol. The average Bonchev–Trinajstić information content (AvgIpc) is 2.28. The highest BCUT2D eigenvalue weighted by atomic mass is 16.5. The molecule has 17 heavy (non-hydrogen) atoms. The van der Waals surface area contributed by atoms with Gasteiger partial charge in [-0.15, -0.1) is 0 Å². The van der Waals surface area contributed by atoms with Gasteiger partial charge in [0, 0.05) is 5.70 Å². The van der Waals surface area contributed by atoms with Crippen molar-refractivity contribution >= 4 is 12.0 Å². The van der Waals surface area contributed by atoms with Crippen LogP contribution in [-0.2, 0) is 9.53 Å². The highest BCUT2D eigenvalue weighted by molar-refractivity contribution is 5.94. The second-order valence-corrected chi connectivity index (χ2v) is 3.92. The number of amides is 2. The SMILES string of the molecule is CCCC1=C(C(=O)OCC)C(CC)NC(=O)N1. The maximum absolute atomic E-state index is 11.9. The summed E-state index contributed by atoms with van der Waals surface area (Å²) < 4.78 is 5.04. The van der Waals surface area contributed by atoms with Crippen molar-refractivity contribution in [1.29, 1.82) is 0 Å². The Morgan fingerprint density at radius 2 is 2.06 bits per heavy atom. The molecule has 0 spiro atoms. The van der Waals surface area contributed by atoms with E-state index in [1.165, 1.54) is 0 Å². The summed E-state index contributed by atoms with van der Waals surface area (Å²) in [6.45, 7) is 6.05. The zero-order chi connectivity index (χ0) is 12.8. The lowest BCUT2D eigenvalue weighted by Crippen LogP contribution is -2.50. The van der Waals surface area contributed by atoms with Crippen LogP contribution in [-0.4, -0.2) is 24.6 Å². The number of carbonyl (C=O) groups is 2. The van der Waals surface area contributed by atoms with E-state index in [0.29, 0.717) is 30.7 Å². The van der Waals surface area contributed by atoms with E-state index in [0.717, 1.165) is 6.42 Å². The molecule has 2 amide bonds. The molecule has 0 aromatic rings. The van der Waals surface area contributed by atoms with Gasteiger partial charge in [-0.25, -0.2) is 9.59 Å². The molecular formula is C12H20N2O3. The van der Waals surface area contributed by atoms with Crippen LogP contribution in [0.2, 0.25) is 0 Å². The summed E-state index contributed by atoms with van der Waals surface area (Å²) >= 11 is 0. The van der Waals surface area contributed by atoms with Crippen LogP contribution >= 0.6 is 0 Å².